The maximum Gasteiger partial charge on any atom is 1.00 e. The predicted octanol–water partition coefficient (Wildman–Crippen LogP) is -0.144. The van der Waals surface area contributed by atoms with Crippen LogP contribution in [0.25, 0.3) is 0 Å². The van der Waals surface area contributed by atoms with Crippen LogP contribution in [0.1, 0.15) is 20.8 Å². The molecule has 0 spiro atoms. The Morgan fingerprint density at radius 2 is 1.82 bits per heavy atom. The summed E-state index contributed by atoms with van der Waals surface area (Å²) in [6.07, 6.45) is 1.31. The van der Waals surface area contributed by atoms with Crippen molar-refractivity contribution in [3.8, 4) is 0 Å². The van der Waals surface area contributed by atoms with Gasteiger partial charge in [0.1, 0.15) is 0 Å². The van der Waals surface area contributed by atoms with Crippen LogP contribution in [0.4, 0.5) is 0 Å². The monoisotopic (exact) mass is 253 g/mol. The van der Waals surface area contributed by atoms with Gasteiger partial charge in [-0.25, -0.2) is 0 Å². The van der Waals surface area contributed by atoms with E-state index in [4.69, 9.17) is 5.21 Å². The van der Waals surface area contributed by atoms with Crippen LogP contribution in [0.2, 0.25) is 0 Å². The van der Waals surface area contributed by atoms with Gasteiger partial charge in [-0.05, 0) is 12.8 Å². The molecule has 0 saturated carbocycles. The van der Waals surface area contributed by atoms with Crippen molar-refractivity contribution < 1.29 is 37.5 Å². The minimum atomic E-state index is -0.991. The van der Waals surface area contributed by atoms with Crippen molar-refractivity contribution in [3.63, 3.8) is 0 Å². The van der Waals surface area contributed by atoms with E-state index in [1.54, 1.807) is 20.8 Å². The smallest absolute Gasteiger partial charge is 0.550 e. The largest absolute Gasteiger partial charge is 1.00 e. The first kappa shape index (κ1) is 17.0. The normalized spacial score (nSPS) is 8.36. The summed E-state index contributed by atoms with van der Waals surface area (Å²) in [5.41, 5.74) is 0. The van der Waals surface area contributed by atoms with Gasteiger partial charge in [-0.2, -0.15) is 0 Å². The molecule has 0 aromatic heterocycles. The van der Waals surface area contributed by atoms with E-state index in [1.807, 2.05) is 0 Å². The molecule has 0 bridgehead atoms. The Labute approximate surface area is 81.8 Å². The molecule has 0 amide bonds. The fraction of sp³-hybridized carbons (Fsp3) is 0.667. The van der Waals surface area contributed by atoms with Crippen molar-refractivity contribution in [1.29, 1.82) is 0 Å². The van der Waals surface area contributed by atoms with Crippen LogP contribution in [-0.2, 0) is 27.2 Å². The number of aliphatic carboxylic acids is 1. The number of carbonyl (C=O) groups excluding carboxylic acids is 1. The molecule has 0 aliphatic heterocycles. The van der Waals surface area contributed by atoms with Crippen molar-refractivity contribution in [2.75, 3.05) is 0 Å². The maximum absolute atomic E-state index is 9.59. The third-order valence-corrected chi connectivity index (χ3v) is 0.587. The summed E-state index contributed by atoms with van der Waals surface area (Å²) in [5, 5.41) is 19.6. The molecule has 0 heterocycles. The number of carboxylic acid groups (broad SMARTS) is 1. The molecule has 0 saturated heterocycles. The minimum Gasteiger partial charge on any atom is -0.550 e. The molecule has 0 aromatic carbocycles. The Balaban J connectivity index is -0.000000114. The van der Waals surface area contributed by atoms with E-state index in [1.165, 1.54) is 6.21 Å². The number of oxime groups is 1. The van der Waals surface area contributed by atoms with Gasteiger partial charge in [0.05, 0.1) is 0 Å². The van der Waals surface area contributed by atoms with Crippen LogP contribution in [0.5, 0.6) is 0 Å². The summed E-state index contributed by atoms with van der Waals surface area (Å²) in [7, 11) is 0. The van der Waals surface area contributed by atoms with Crippen molar-refractivity contribution in [2.45, 2.75) is 20.8 Å². The van der Waals surface area contributed by atoms with E-state index in [0.29, 0.717) is 0 Å². The van der Waals surface area contributed by atoms with Crippen molar-refractivity contribution in [2.24, 2.45) is 11.1 Å². The summed E-state index contributed by atoms with van der Waals surface area (Å²) >= 11 is 0. The zero-order valence-electron chi connectivity index (χ0n) is 6.67. The first-order valence-corrected chi connectivity index (χ1v) is 2.89. The Morgan fingerprint density at radius 3 is 1.82 bits per heavy atom. The molecule has 0 rings (SSSR count). The second-order valence-corrected chi connectivity index (χ2v) is 1.85. The number of rotatable bonds is 1. The van der Waals surface area contributed by atoms with Crippen molar-refractivity contribution in [3.05, 3.63) is 0 Å². The van der Waals surface area contributed by atoms with Gasteiger partial charge in [0.15, 0.2) is 0 Å². The second-order valence-electron chi connectivity index (χ2n) is 1.85. The fourth-order valence-corrected chi connectivity index (χ4v) is 0. The van der Waals surface area contributed by atoms with Crippen LogP contribution >= 0.6 is 0 Å². The molecule has 0 aliphatic rings. The van der Waals surface area contributed by atoms with Crippen LogP contribution < -0.4 is 5.11 Å². The summed E-state index contributed by atoms with van der Waals surface area (Å²) in [6, 6.07) is 0. The molecular formula is C6H12AgNO3. The van der Waals surface area contributed by atoms with E-state index in [0.717, 1.165) is 0 Å². The van der Waals surface area contributed by atoms with Gasteiger partial charge in [-0.1, -0.05) is 13.8 Å². The molecule has 0 unspecified atom stereocenters. The molecule has 0 fully saturated rings. The third-order valence-electron chi connectivity index (χ3n) is 0.587. The second kappa shape index (κ2) is 12.4. The Morgan fingerprint density at radius 1 is 1.64 bits per heavy atom. The van der Waals surface area contributed by atoms with E-state index in [9.17, 15) is 9.90 Å². The van der Waals surface area contributed by atoms with Gasteiger partial charge < -0.3 is 15.1 Å². The Kier molecular flexibility index (Phi) is 19.1. The van der Waals surface area contributed by atoms with Gasteiger partial charge >= 0.3 is 22.4 Å². The molecule has 0 aliphatic carbocycles. The molecule has 1 N–H and O–H groups in total. The average Bonchev–Trinajstić information content (AvgIpc) is 1.89. The van der Waals surface area contributed by atoms with E-state index < -0.39 is 5.97 Å². The molecule has 4 nitrogen and oxygen atoms in total. The molecule has 5 heteroatoms. The van der Waals surface area contributed by atoms with Crippen molar-refractivity contribution in [1.82, 2.24) is 0 Å². The third kappa shape index (κ3) is 26.1. The minimum absolute atomic E-state index is 0. The SMILES string of the molecule is CC(C)C(=O)[O-].CC=NO.[Ag+]. The molecular weight excluding hydrogens is 242 g/mol. The van der Waals surface area contributed by atoms with Crippen molar-refractivity contribution >= 4 is 12.2 Å². The number of nitrogens with zero attached hydrogens (tertiary/aromatic N) is 1. The van der Waals surface area contributed by atoms with Gasteiger partial charge in [0, 0.05) is 12.2 Å². The van der Waals surface area contributed by atoms with Crippen LogP contribution in [-0.4, -0.2) is 17.4 Å². The standard InChI is InChI=1S/C4H8O2.C2H5NO.Ag/c1-3(2)4(5)6;1-2-3-4;/h3H,1-2H3,(H,5,6);2,4H,1H3;/q;;+1/p-1. The van der Waals surface area contributed by atoms with Crippen LogP contribution in [0.3, 0.4) is 0 Å². The first-order valence-electron chi connectivity index (χ1n) is 2.89. The zero-order chi connectivity index (χ0) is 8.57. The Hall–Kier alpha value is -0.320. The van der Waals surface area contributed by atoms with Gasteiger partial charge in [-0.3, -0.25) is 0 Å². The van der Waals surface area contributed by atoms with E-state index >= 15 is 0 Å². The number of hydrogen-bond acceptors (Lipinski definition) is 4. The number of hydrogen-bond donors (Lipinski definition) is 1. The van der Waals surface area contributed by atoms with Gasteiger partial charge in [0.2, 0.25) is 0 Å². The molecule has 11 heavy (non-hydrogen) atoms. The summed E-state index contributed by atoms with van der Waals surface area (Å²) in [6.45, 7) is 4.80. The topological polar surface area (TPSA) is 72.7 Å². The first-order chi connectivity index (χ1) is 4.56. The summed E-state index contributed by atoms with van der Waals surface area (Å²) < 4.78 is 0. The molecule has 70 valence electrons. The Bertz CT molecular complexity index is 110. The van der Waals surface area contributed by atoms with Crippen LogP contribution in [0, 0.1) is 5.92 Å². The number of carboxylic acids is 1. The fourth-order valence-electron chi connectivity index (χ4n) is 0. The number of carbonyl (C=O) groups is 1. The molecule has 0 atom stereocenters. The molecule has 0 aromatic rings. The van der Waals surface area contributed by atoms with Crippen LogP contribution in [0.15, 0.2) is 5.16 Å². The van der Waals surface area contributed by atoms with Gasteiger partial charge in [-0.15, -0.1) is 5.16 Å². The van der Waals surface area contributed by atoms with Gasteiger partial charge in [0.25, 0.3) is 0 Å². The average molecular weight is 254 g/mol. The summed E-state index contributed by atoms with van der Waals surface area (Å²) in [4.78, 5) is 9.59. The van der Waals surface area contributed by atoms with E-state index in [2.05, 4.69) is 5.16 Å². The molecule has 0 radical (unpaired) electrons. The van der Waals surface area contributed by atoms with E-state index in [-0.39, 0.29) is 28.3 Å². The predicted molar refractivity (Wildman–Crippen MR) is 35.8 cm³/mol. The summed E-state index contributed by atoms with van der Waals surface area (Å²) in [5.74, 6) is -1.33. The quantitative estimate of drug-likeness (QED) is 0.306. The maximum atomic E-state index is 9.59. The zero-order valence-corrected chi connectivity index (χ0v) is 8.15.